The van der Waals surface area contributed by atoms with E-state index in [4.69, 9.17) is 27.9 Å². The summed E-state index contributed by atoms with van der Waals surface area (Å²) < 4.78 is 5.64. The zero-order valence-electron chi connectivity index (χ0n) is 11.7. The predicted molar refractivity (Wildman–Crippen MR) is 86.6 cm³/mol. The Bertz CT molecular complexity index is 656. The molecule has 0 aromatic heterocycles. The lowest BCUT2D eigenvalue weighted by molar-refractivity contribution is 0.102. The van der Waals surface area contributed by atoms with Crippen molar-refractivity contribution < 1.29 is 9.53 Å². The van der Waals surface area contributed by atoms with Crippen molar-refractivity contribution in [1.82, 2.24) is 0 Å². The highest BCUT2D eigenvalue weighted by atomic mass is 35.5. The Labute approximate surface area is 133 Å². The Kier molecular flexibility index (Phi) is 5.10. The molecule has 0 aliphatic rings. The molecule has 0 bridgehead atoms. The molecule has 1 amide bonds. The minimum Gasteiger partial charge on any atom is -0.490 e. The molecule has 3 nitrogen and oxygen atoms in total. The Morgan fingerprint density at radius 3 is 2.48 bits per heavy atom. The number of benzene rings is 2. The topological polar surface area (TPSA) is 38.3 Å². The van der Waals surface area contributed by atoms with Gasteiger partial charge in [-0.15, -0.1) is 0 Å². The molecule has 0 unspecified atom stereocenters. The van der Waals surface area contributed by atoms with Crippen LogP contribution in [0.15, 0.2) is 42.5 Å². The molecule has 0 spiro atoms. The first-order valence-corrected chi connectivity index (χ1v) is 7.25. The van der Waals surface area contributed by atoms with Crippen LogP contribution in [-0.2, 0) is 0 Å². The summed E-state index contributed by atoms with van der Waals surface area (Å²) in [5.74, 6) is 0.287. The van der Waals surface area contributed by atoms with Gasteiger partial charge in [-0.2, -0.15) is 0 Å². The molecule has 0 saturated carbocycles. The van der Waals surface area contributed by atoms with Gasteiger partial charge in [0.05, 0.1) is 21.7 Å². The maximum atomic E-state index is 12.3. The number of amides is 1. The molecular formula is C16H15Cl2NO2. The van der Waals surface area contributed by atoms with Crippen LogP contribution >= 0.6 is 23.2 Å². The van der Waals surface area contributed by atoms with Crippen LogP contribution < -0.4 is 10.1 Å². The van der Waals surface area contributed by atoms with Gasteiger partial charge in [0.1, 0.15) is 5.75 Å². The maximum absolute atomic E-state index is 12.3. The second-order valence-electron chi connectivity index (χ2n) is 4.75. The fraction of sp³-hybridized carbons (Fsp3) is 0.188. The van der Waals surface area contributed by atoms with Crippen molar-refractivity contribution >= 4 is 34.8 Å². The first-order valence-electron chi connectivity index (χ1n) is 6.49. The second kappa shape index (κ2) is 6.83. The smallest absolute Gasteiger partial charge is 0.259 e. The Hall–Kier alpha value is -1.71. The minimum absolute atomic E-state index is 0.0103. The van der Waals surface area contributed by atoms with Crippen molar-refractivity contribution in [1.29, 1.82) is 0 Å². The highest BCUT2D eigenvalue weighted by Crippen LogP contribution is 2.26. The summed E-state index contributed by atoms with van der Waals surface area (Å²) in [5, 5.41) is 3.61. The number of para-hydroxylation sites is 1. The van der Waals surface area contributed by atoms with E-state index in [1.54, 1.807) is 36.4 Å². The highest BCUT2D eigenvalue weighted by Gasteiger charge is 2.13. The lowest BCUT2D eigenvalue weighted by Crippen LogP contribution is -2.15. The molecule has 2 aromatic carbocycles. The van der Waals surface area contributed by atoms with Crippen LogP contribution in [0.25, 0.3) is 0 Å². The maximum Gasteiger partial charge on any atom is 0.259 e. The van der Waals surface area contributed by atoms with E-state index >= 15 is 0 Å². The summed E-state index contributed by atoms with van der Waals surface area (Å²) in [6.45, 7) is 3.82. The lowest BCUT2D eigenvalue weighted by atomic mass is 10.1. The molecule has 0 saturated heterocycles. The first kappa shape index (κ1) is 15.7. The van der Waals surface area contributed by atoms with Crippen molar-refractivity contribution in [3.8, 4) is 5.75 Å². The molecule has 2 aromatic rings. The van der Waals surface area contributed by atoms with Crippen LogP contribution in [0.4, 0.5) is 5.69 Å². The third-order valence-corrected chi connectivity index (χ3v) is 3.41. The van der Waals surface area contributed by atoms with Crippen molar-refractivity contribution in [3.63, 3.8) is 0 Å². The van der Waals surface area contributed by atoms with Crippen LogP contribution in [0, 0.1) is 0 Å². The second-order valence-corrected chi connectivity index (χ2v) is 5.56. The van der Waals surface area contributed by atoms with Gasteiger partial charge in [-0.3, -0.25) is 4.79 Å². The number of nitrogens with one attached hydrogen (secondary N) is 1. The van der Waals surface area contributed by atoms with Gasteiger partial charge in [0.25, 0.3) is 5.91 Å². The summed E-state index contributed by atoms with van der Waals surface area (Å²) in [6.07, 6.45) is -0.0103. The number of ether oxygens (including phenoxy) is 1. The third-order valence-electron chi connectivity index (χ3n) is 2.67. The van der Waals surface area contributed by atoms with Crippen molar-refractivity contribution in [2.45, 2.75) is 20.0 Å². The summed E-state index contributed by atoms with van der Waals surface area (Å²) in [6, 6.07) is 12.0. The monoisotopic (exact) mass is 323 g/mol. The Morgan fingerprint density at radius 1 is 1.10 bits per heavy atom. The Morgan fingerprint density at radius 2 is 1.81 bits per heavy atom. The number of hydrogen-bond acceptors (Lipinski definition) is 2. The van der Waals surface area contributed by atoms with Crippen LogP contribution in [0.1, 0.15) is 24.2 Å². The van der Waals surface area contributed by atoms with Crippen LogP contribution in [-0.4, -0.2) is 12.0 Å². The van der Waals surface area contributed by atoms with Gasteiger partial charge in [0.2, 0.25) is 0 Å². The largest absolute Gasteiger partial charge is 0.490 e. The highest BCUT2D eigenvalue weighted by molar-refractivity contribution is 6.42. The molecule has 0 atom stereocenters. The van der Waals surface area contributed by atoms with Gasteiger partial charge in [-0.1, -0.05) is 35.3 Å². The SMILES string of the molecule is CC(C)Oc1ccccc1C(=O)Nc1ccc(Cl)c(Cl)c1. The van der Waals surface area contributed by atoms with Gasteiger partial charge >= 0.3 is 0 Å². The molecule has 110 valence electrons. The number of carbonyl (C=O) groups is 1. The fourth-order valence-corrected chi connectivity index (χ4v) is 2.08. The van der Waals surface area contributed by atoms with Crippen LogP contribution in [0.3, 0.4) is 0 Å². The van der Waals surface area contributed by atoms with E-state index in [1.165, 1.54) is 0 Å². The number of anilines is 1. The molecule has 2 rings (SSSR count). The molecular weight excluding hydrogens is 309 g/mol. The number of carbonyl (C=O) groups excluding carboxylic acids is 1. The van der Waals surface area contributed by atoms with Crippen LogP contribution in [0.5, 0.6) is 5.75 Å². The lowest BCUT2D eigenvalue weighted by Gasteiger charge is -2.14. The van der Waals surface area contributed by atoms with Crippen molar-refractivity contribution in [3.05, 3.63) is 58.1 Å². The molecule has 0 aliphatic carbocycles. The van der Waals surface area contributed by atoms with Gasteiger partial charge in [-0.05, 0) is 44.2 Å². The quantitative estimate of drug-likeness (QED) is 0.856. The molecule has 21 heavy (non-hydrogen) atoms. The van der Waals surface area contributed by atoms with E-state index < -0.39 is 0 Å². The predicted octanol–water partition coefficient (Wildman–Crippen LogP) is 5.03. The van der Waals surface area contributed by atoms with E-state index in [0.717, 1.165) is 0 Å². The van der Waals surface area contributed by atoms with Gasteiger partial charge in [-0.25, -0.2) is 0 Å². The normalized spacial score (nSPS) is 10.5. The number of hydrogen-bond donors (Lipinski definition) is 1. The minimum atomic E-state index is -0.260. The van der Waals surface area contributed by atoms with E-state index in [9.17, 15) is 4.79 Å². The van der Waals surface area contributed by atoms with E-state index in [0.29, 0.717) is 27.0 Å². The Balaban J connectivity index is 2.22. The van der Waals surface area contributed by atoms with Gasteiger partial charge < -0.3 is 10.1 Å². The molecule has 0 radical (unpaired) electrons. The fourth-order valence-electron chi connectivity index (χ4n) is 1.78. The zero-order valence-corrected chi connectivity index (χ0v) is 13.2. The van der Waals surface area contributed by atoms with Crippen molar-refractivity contribution in [2.75, 3.05) is 5.32 Å². The van der Waals surface area contributed by atoms with E-state index in [1.807, 2.05) is 19.9 Å². The van der Waals surface area contributed by atoms with E-state index in [2.05, 4.69) is 5.32 Å². The van der Waals surface area contributed by atoms with Crippen LogP contribution in [0.2, 0.25) is 10.0 Å². The number of rotatable bonds is 4. The summed E-state index contributed by atoms with van der Waals surface area (Å²) in [4.78, 5) is 12.3. The molecule has 0 aliphatic heterocycles. The third kappa shape index (κ3) is 4.13. The zero-order chi connectivity index (χ0) is 15.4. The first-order chi connectivity index (χ1) is 9.97. The number of halogens is 2. The summed E-state index contributed by atoms with van der Waals surface area (Å²) in [7, 11) is 0. The van der Waals surface area contributed by atoms with E-state index in [-0.39, 0.29) is 12.0 Å². The van der Waals surface area contributed by atoms with Crippen molar-refractivity contribution in [2.24, 2.45) is 0 Å². The summed E-state index contributed by atoms with van der Waals surface area (Å²) >= 11 is 11.8. The average Bonchev–Trinajstić information content (AvgIpc) is 2.43. The molecule has 0 heterocycles. The van der Waals surface area contributed by atoms with Gasteiger partial charge in [0, 0.05) is 5.69 Å². The molecule has 0 fully saturated rings. The molecule has 1 N–H and O–H groups in total. The standard InChI is InChI=1S/C16H15Cl2NO2/c1-10(2)21-15-6-4-3-5-12(15)16(20)19-11-7-8-13(17)14(18)9-11/h3-10H,1-2H3,(H,19,20). The molecule has 5 heteroatoms. The summed E-state index contributed by atoms with van der Waals surface area (Å²) in [5.41, 5.74) is 1.05. The average molecular weight is 324 g/mol. The van der Waals surface area contributed by atoms with Gasteiger partial charge in [0.15, 0.2) is 0 Å².